The van der Waals surface area contributed by atoms with Crippen molar-refractivity contribution in [3.63, 3.8) is 0 Å². The van der Waals surface area contributed by atoms with Crippen molar-refractivity contribution < 1.29 is 14.3 Å². The molecular weight excluding hydrogens is 232 g/mol. The first-order valence-electron chi connectivity index (χ1n) is 5.95. The van der Waals surface area contributed by atoms with Crippen LogP contribution < -0.4 is 15.2 Å². The van der Waals surface area contributed by atoms with E-state index in [9.17, 15) is 4.79 Å². The van der Waals surface area contributed by atoms with E-state index in [0.717, 1.165) is 12.0 Å². The molecular formula is C13H18N2O3. The molecule has 1 aromatic rings. The van der Waals surface area contributed by atoms with E-state index >= 15 is 0 Å². The fourth-order valence-corrected chi connectivity index (χ4v) is 2.26. The molecule has 2 rings (SSSR count). The molecule has 0 aliphatic carbocycles. The number of carbonyl (C=O) groups is 1. The van der Waals surface area contributed by atoms with E-state index in [1.54, 1.807) is 25.2 Å². The second-order valence-corrected chi connectivity index (χ2v) is 4.19. The summed E-state index contributed by atoms with van der Waals surface area (Å²) in [5.41, 5.74) is 7.12. The van der Waals surface area contributed by atoms with Gasteiger partial charge in [0.25, 0.3) is 5.91 Å². The van der Waals surface area contributed by atoms with Gasteiger partial charge in [-0.05, 0) is 12.5 Å². The number of ether oxygens (including phenoxy) is 2. The lowest BCUT2D eigenvalue weighted by molar-refractivity contribution is 0.0743. The summed E-state index contributed by atoms with van der Waals surface area (Å²) in [6.45, 7) is 1.74. The molecule has 0 atom stereocenters. The van der Waals surface area contributed by atoms with E-state index in [0.29, 0.717) is 36.7 Å². The highest BCUT2D eigenvalue weighted by Gasteiger charge is 2.27. The van der Waals surface area contributed by atoms with Crippen LogP contribution in [0.4, 0.5) is 0 Å². The summed E-state index contributed by atoms with van der Waals surface area (Å²) in [4.78, 5) is 14.1. The number of methoxy groups -OCH3 is 2. The molecule has 0 saturated carbocycles. The number of amides is 1. The number of fused-ring (bicyclic) bond motifs is 1. The van der Waals surface area contributed by atoms with Crippen molar-refractivity contribution in [1.29, 1.82) is 0 Å². The standard InChI is InChI=1S/C13H18N2O3/c1-17-9-7-11-10(12(8-9)18-2)3-5-15(6-4-14)13(11)16/h7-8H,3-6,14H2,1-2H3. The van der Waals surface area contributed by atoms with Crippen molar-refractivity contribution in [3.05, 3.63) is 23.3 Å². The fraction of sp³-hybridized carbons (Fsp3) is 0.462. The Morgan fingerprint density at radius 1 is 1.33 bits per heavy atom. The van der Waals surface area contributed by atoms with Gasteiger partial charge in [-0.3, -0.25) is 4.79 Å². The average molecular weight is 250 g/mol. The number of carbonyl (C=O) groups excluding carboxylic acids is 1. The van der Waals surface area contributed by atoms with Crippen LogP contribution >= 0.6 is 0 Å². The van der Waals surface area contributed by atoms with Crippen LogP contribution in [-0.2, 0) is 6.42 Å². The van der Waals surface area contributed by atoms with Crippen LogP contribution in [-0.4, -0.2) is 44.7 Å². The van der Waals surface area contributed by atoms with Gasteiger partial charge in [-0.2, -0.15) is 0 Å². The predicted octanol–water partition coefficient (Wildman–Crippen LogP) is 0.661. The molecule has 1 aliphatic heterocycles. The largest absolute Gasteiger partial charge is 0.497 e. The molecule has 1 heterocycles. The van der Waals surface area contributed by atoms with Crippen molar-refractivity contribution in [2.24, 2.45) is 5.73 Å². The third-order valence-corrected chi connectivity index (χ3v) is 3.19. The molecule has 1 amide bonds. The van der Waals surface area contributed by atoms with Gasteiger partial charge in [-0.15, -0.1) is 0 Å². The molecule has 0 unspecified atom stereocenters. The van der Waals surface area contributed by atoms with Gasteiger partial charge in [0.05, 0.1) is 19.8 Å². The predicted molar refractivity (Wildman–Crippen MR) is 68.2 cm³/mol. The summed E-state index contributed by atoms with van der Waals surface area (Å²) in [6, 6.07) is 3.58. The minimum absolute atomic E-state index is 0.00102. The van der Waals surface area contributed by atoms with Gasteiger partial charge in [0.2, 0.25) is 0 Å². The van der Waals surface area contributed by atoms with Crippen LogP contribution in [0.3, 0.4) is 0 Å². The Balaban J connectivity index is 2.43. The monoisotopic (exact) mass is 250 g/mol. The highest BCUT2D eigenvalue weighted by Crippen LogP contribution is 2.32. The minimum atomic E-state index is -0.00102. The van der Waals surface area contributed by atoms with Crippen LogP contribution in [0.25, 0.3) is 0 Å². The normalized spacial score (nSPS) is 14.4. The molecule has 98 valence electrons. The van der Waals surface area contributed by atoms with E-state index in [2.05, 4.69) is 0 Å². The van der Waals surface area contributed by atoms with Crippen LogP contribution in [0.2, 0.25) is 0 Å². The van der Waals surface area contributed by atoms with Gasteiger partial charge in [0.1, 0.15) is 11.5 Å². The summed E-state index contributed by atoms with van der Waals surface area (Å²) >= 11 is 0. The second-order valence-electron chi connectivity index (χ2n) is 4.19. The molecule has 0 aromatic heterocycles. The number of hydrogen-bond donors (Lipinski definition) is 1. The summed E-state index contributed by atoms with van der Waals surface area (Å²) in [5.74, 6) is 1.34. The van der Waals surface area contributed by atoms with Crippen LogP contribution in [0.15, 0.2) is 12.1 Å². The zero-order valence-corrected chi connectivity index (χ0v) is 10.7. The Bertz CT molecular complexity index is 460. The van der Waals surface area contributed by atoms with E-state index < -0.39 is 0 Å². The molecule has 0 spiro atoms. The van der Waals surface area contributed by atoms with Crippen molar-refractivity contribution in [1.82, 2.24) is 4.90 Å². The summed E-state index contributed by atoms with van der Waals surface area (Å²) in [6.07, 6.45) is 0.786. The molecule has 5 heteroatoms. The van der Waals surface area contributed by atoms with Gasteiger partial charge < -0.3 is 20.1 Å². The second kappa shape index (κ2) is 5.27. The first-order valence-corrected chi connectivity index (χ1v) is 5.95. The lowest BCUT2D eigenvalue weighted by Crippen LogP contribution is -2.40. The van der Waals surface area contributed by atoms with E-state index in [-0.39, 0.29) is 5.91 Å². The van der Waals surface area contributed by atoms with Gasteiger partial charge in [-0.1, -0.05) is 0 Å². The Labute approximate surface area is 106 Å². The Morgan fingerprint density at radius 2 is 2.11 bits per heavy atom. The molecule has 1 aliphatic rings. The molecule has 1 aromatic carbocycles. The molecule has 0 bridgehead atoms. The number of hydrogen-bond acceptors (Lipinski definition) is 4. The summed E-state index contributed by atoms with van der Waals surface area (Å²) in [7, 11) is 3.18. The van der Waals surface area contributed by atoms with E-state index in [1.807, 2.05) is 6.07 Å². The molecule has 0 saturated heterocycles. The number of nitrogens with zero attached hydrogens (tertiary/aromatic N) is 1. The van der Waals surface area contributed by atoms with E-state index in [1.165, 1.54) is 0 Å². The van der Waals surface area contributed by atoms with E-state index in [4.69, 9.17) is 15.2 Å². The Hall–Kier alpha value is -1.75. The number of nitrogens with two attached hydrogens (primary N) is 1. The molecule has 2 N–H and O–H groups in total. The maximum atomic E-state index is 12.3. The third kappa shape index (κ3) is 2.13. The van der Waals surface area contributed by atoms with Crippen LogP contribution in [0.5, 0.6) is 11.5 Å². The summed E-state index contributed by atoms with van der Waals surface area (Å²) < 4.78 is 10.5. The molecule has 5 nitrogen and oxygen atoms in total. The minimum Gasteiger partial charge on any atom is -0.497 e. The van der Waals surface area contributed by atoms with Crippen LogP contribution in [0.1, 0.15) is 15.9 Å². The molecule has 18 heavy (non-hydrogen) atoms. The highest BCUT2D eigenvalue weighted by atomic mass is 16.5. The molecule has 0 radical (unpaired) electrons. The quantitative estimate of drug-likeness (QED) is 0.852. The maximum absolute atomic E-state index is 12.3. The van der Waals surface area contributed by atoms with Gasteiger partial charge in [-0.25, -0.2) is 0 Å². The topological polar surface area (TPSA) is 64.8 Å². The van der Waals surface area contributed by atoms with Gasteiger partial charge >= 0.3 is 0 Å². The zero-order valence-electron chi connectivity index (χ0n) is 10.7. The SMILES string of the molecule is COc1cc(OC)c2c(c1)C(=O)N(CCN)CC2. The van der Waals surface area contributed by atoms with Crippen molar-refractivity contribution >= 4 is 5.91 Å². The first-order chi connectivity index (χ1) is 8.71. The van der Waals surface area contributed by atoms with Crippen molar-refractivity contribution in [2.45, 2.75) is 6.42 Å². The molecule has 0 fully saturated rings. The van der Waals surface area contributed by atoms with Gasteiger partial charge in [0.15, 0.2) is 0 Å². The lowest BCUT2D eigenvalue weighted by Gasteiger charge is -2.29. The van der Waals surface area contributed by atoms with Crippen molar-refractivity contribution in [3.8, 4) is 11.5 Å². The maximum Gasteiger partial charge on any atom is 0.254 e. The Morgan fingerprint density at radius 3 is 2.72 bits per heavy atom. The number of benzene rings is 1. The zero-order chi connectivity index (χ0) is 13.1. The highest BCUT2D eigenvalue weighted by molar-refractivity contribution is 5.98. The first kappa shape index (κ1) is 12.7. The fourth-order valence-electron chi connectivity index (χ4n) is 2.26. The smallest absolute Gasteiger partial charge is 0.254 e. The van der Waals surface area contributed by atoms with Gasteiger partial charge in [0, 0.05) is 31.3 Å². The average Bonchev–Trinajstić information content (AvgIpc) is 2.41. The third-order valence-electron chi connectivity index (χ3n) is 3.19. The van der Waals surface area contributed by atoms with Crippen LogP contribution in [0, 0.1) is 0 Å². The lowest BCUT2D eigenvalue weighted by atomic mass is 9.97. The summed E-state index contributed by atoms with van der Waals surface area (Å²) in [5, 5.41) is 0. The number of rotatable bonds is 4. The van der Waals surface area contributed by atoms with Crippen molar-refractivity contribution in [2.75, 3.05) is 33.9 Å². The Kier molecular flexibility index (Phi) is 3.72.